The third-order valence-electron chi connectivity index (χ3n) is 9.08. The summed E-state index contributed by atoms with van der Waals surface area (Å²) in [6.07, 6.45) is 0. The molecule has 0 amide bonds. The van der Waals surface area contributed by atoms with Crippen LogP contribution in [0.1, 0.15) is 48.5 Å². The van der Waals surface area contributed by atoms with Crippen molar-refractivity contribution in [2.75, 3.05) is 34.0 Å². The van der Waals surface area contributed by atoms with Gasteiger partial charge in [-0.15, -0.1) is 0 Å². The first-order valence-corrected chi connectivity index (χ1v) is 23.0. The van der Waals surface area contributed by atoms with Crippen LogP contribution in [-0.4, -0.2) is 86.2 Å². The molecule has 5 aromatic rings. The molecular formula is C34H30ClKN7NaO14S4+2. The van der Waals surface area contributed by atoms with Gasteiger partial charge in [0, 0.05) is 22.5 Å². The number of nitrogens with zero attached hydrogens (tertiary/aromatic N) is 3. The summed E-state index contributed by atoms with van der Waals surface area (Å²) in [7, 11) is -19.1. The van der Waals surface area contributed by atoms with Crippen molar-refractivity contribution in [2.24, 2.45) is 0 Å². The van der Waals surface area contributed by atoms with Crippen LogP contribution in [0.5, 0.6) is 0 Å². The molecule has 0 radical (unpaired) electrons. The first-order chi connectivity index (χ1) is 27.8. The van der Waals surface area contributed by atoms with Gasteiger partial charge >= 0.3 is 91.3 Å². The molecule has 0 atom stereocenters. The number of carbonyl (C=O) groups is 2. The topological polar surface area (TPSA) is 341 Å². The molecule has 0 aliphatic heterocycles. The number of hydrogen-bond donors (Lipinski definition) is 7. The van der Waals surface area contributed by atoms with Crippen molar-refractivity contribution in [3.8, 4) is 0 Å². The van der Waals surface area contributed by atoms with E-state index in [0.717, 1.165) is 6.07 Å². The quantitative estimate of drug-likeness (QED) is 0.0379. The number of fused-ring (bicyclic) bond motifs is 2. The maximum atomic E-state index is 14.0. The Hall–Kier alpha value is -3.00. The number of sulfone groups is 1. The predicted octanol–water partition coefficient (Wildman–Crippen LogP) is -1.87. The van der Waals surface area contributed by atoms with E-state index in [0.29, 0.717) is 0 Å². The maximum absolute atomic E-state index is 14.0. The molecule has 0 fully saturated rings. The van der Waals surface area contributed by atoms with Crippen molar-refractivity contribution >= 4 is 104 Å². The molecule has 4 aromatic carbocycles. The minimum Gasteiger partial charge on any atom is -0.397 e. The number of nitrogens with two attached hydrogens (primary N) is 1. The molecule has 21 nitrogen and oxygen atoms in total. The zero-order chi connectivity index (χ0) is 44.3. The molecule has 1 aromatic heterocycles. The van der Waals surface area contributed by atoms with Crippen molar-refractivity contribution in [1.29, 1.82) is 0 Å². The van der Waals surface area contributed by atoms with Crippen LogP contribution < -0.4 is 103 Å². The maximum Gasteiger partial charge on any atom is 1.00 e. The van der Waals surface area contributed by atoms with E-state index in [-0.39, 0.29) is 154 Å². The Bertz CT molecular complexity index is 3150. The Labute approximate surface area is 424 Å². The smallest absolute Gasteiger partial charge is 0.397 e. The molecule has 0 saturated heterocycles. The van der Waals surface area contributed by atoms with Crippen LogP contribution in [0.4, 0.5) is 40.3 Å². The Kier molecular flexibility index (Phi) is 16.0. The van der Waals surface area contributed by atoms with Gasteiger partial charge in [0.25, 0.3) is 20.2 Å². The van der Waals surface area contributed by atoms with E-state index in [1.54, 1.807) is 0 Å². The molecular weight excluding hydrogens is 956 g/mol. The van der Waals surface area contributed by atoms with E-state index in [2.05, 4.69) is 35.1 Å². The Morgan fingerprint density at radius 1 is 0.710 bits per heavy atom. The summed E-state index contributed by atoms with van der Waals surface area (Å²) in [5, 5.41) is 8.08. The van der Waals surface area contributed by atoms with Crippen molar-refractivity contribution in [3.63, 3.8) is 0 Å². The fourth-order valence-corrected chi connectivity index (χ4v) is 9.79. The minimum atomic E-state index is -5.13. The Balaban J connectivity index is 0.00000422. The molecule has 1 heterocycles. The summed E-state index contributed by atoms with van der Waals surface area (Å²) in [5.41, 5.74) is 4.00. The van der Waals surface area contributed by atoms with E-state index < -0.39 is 90.7 Å². The molecule has 0 bridgehead atoms. The number of aromatic nitrogens is 3. The number of halogens is 1. The first-order valence-electron chi connectivity index (χ1n) is 16.7. The number of rotatable bonds is 13. The fourth-order valence-electron chi connectivity index (χ4n) is 6.51. The average Bonchev–Trinajstić information content (AvgIpc) is 3.13. The monoisotopic (exact) mass is 985 g/mol. The van der Waals surface area contributed by atoms with Crippen LogP contribution in [0.15, 0.2) is 69.3 Å². The van der Waals surface area contributed by atoms with Gasteiger partial charge < -0.3 is 21.7 Å². The molecule has 1 aliphatic rings. The molecule has 0 unspecified atom stereocenters. The van der Waals surface area contributed by atoms with Crippen molar-refractivity contribution < 1.29 is 142 Å². The van der Waals surface area contributed by atoms with E-state index in [1.165, 1.54) is 69.3 Å². The second-order valence-corrected chi connectivity index (χ2v) is 19.2. The van der Waals surface area contributed by atoms with Crippen molar-refractivity contribution in [3.05, 3.63) is 98.8 Å². The van der Waals surface area contributed by atoms with Crippen LogP contribution >= 0.6 is 11.6 Å². The SMILES string of the molecule is Cc1c(Nc2nc(Cl)nc(Nc3ccc(S(=O)(=O)CCOS(=O)(=O)O)cc3)n2)c(C)c(S(=O)(=O)O)c(C)c1Nc1cc(S(=O)(=O)O)c(N)c2c1C(=O)c1ccccc1C2=O.[K+].[Na+]. The van der Waals surface area contributed by atoms with Gasteiger partial charge in [0.2, 0.25) is 17.2 Å². The largest absolute Gasteiger partial charge is 1.00 e. The van der Waals surface area contributed by atoms with Gasteiger partial charge in [0.05, 0.1) is 45.4 Å². The third kappa shape index (κ3) is 10.9. The van der Waals surface area contributed by atoms with Crippen LogP contribution in [0.25, 0.3) is 0 Å². The van der Waals surface area contributed by atoms with Gasteiger partial charge in [-0.3, -0.25) is 23.2 Å². The summed E-state index contributed by atoms with van der Waals surface area (Å²) < 4.78 is 131. The van der Waals surface area contributed by atoms with Gasteiger partial charge in [0.1, 0.15) is 9.79 Å². The Morgan fingerprint density at radius 2 is 1.23 bits per heavy atom. The summed E-state index contributed by atoms with van der Waals surface area (Å²) in [6, 6.07) is 11.5. The summed E-state index contributed by atoms with van der Waals surface area (Å²) in [4.78, 5) is 38.2. The van der Waals surface area contributed by atoms with Crippen LogP contribution in [0, 0.1) is 20.8 Å². The van der Waals surface area contributed by atoms with Gasteiger partial charge in [-0.2, -0.15) is 40.2 Å². The zero-order valence-corrected chi connectivity index (χ0v) is 42.0. The summed E-state index contributed by atoms with van der Waals surface area (Å²) >= 11 is 6.21. The second-order valence-electron chi connectivity index (χ2n) is 12.9. The standard InChI is InChI=1S/C34H30ClN7O14S4.K.Na/c1-15-27(38-22-14-23(58(47,48)49)26(36)25-24(22)29(43)20-6-4-5-7-21(20)30(25)44)16(2)31(59(50,51)52)17(3)28(15)39-34-41-32(35)40-33(42-34)37-18-8-10-19(11-9-18)57(45,46)13-12-56-60(53,54)55;;/h4-11,14,38H,12-13,36H2,1-3H3,(H,47,48,49)(H,50,51,52)(H,53,54,55)(H2,37,39,40,41,42);;/q;2*+1. The number of nitrogen functional groups attached to an aromatic ring is 1. The van der Waals surface area contributed by atoms with Crippen LogP contribution in [-0.2, 0) is 44.7 Å². The van der Waals surface area contributed by atoms with Crippen LogP contribution in [0.2, 0.25) is 5.28 Å². The minimum absolute atomic E-state index is 0. The van der Waals surface area contributed by atoms with Crippen molar-refractivity contribution in [1.82, 2.24) is 15.0 Å². The fraction of sp³-hybridized carbons (Fsp3) is 0.147. The molecule has 0 saturated carbocycles. The first kappa shape index (κ1) is 51.6. The molecule has 316 valence electrons. The molecule has 1 aliphatic carbocycles. The molecule has 6 rings (SSSR count). The number of anilines is 7. The predicted molar refractivity (Wildman–Crippen MR) is 215 cm³/mol. The van der Waals surface area contributed by atoms with E-state index in [1.807, 2.05) is 0 Å². The number of benzene rings is 4. The number of hydrogen-bond acceptors (Lipinski definition) is 18. The molecule has 0 spiro atoms. The normalized spacial score (nSPS) is 12.7. The van der Waals surface area contributed by atoms with E-state index >= 15 is 0 Å². The average molecular weight is 986 g/mol. The zero-order valence-electron chi connectivity index (χ0n) is 32.9. The van der Waals surface area contributed by atoms with Crippen LogP contribution in [0.3, 0.4) is 0 Å². The Morgan fingerprint density at radius 3 is 1.74 bits per heavy atom. The summed E-state index contributed by atoms with van der Waals surface area (Å²) in [6.45, 7) is 3.27. The van der Waals surface area contributed by atoms with E-state index in [4.69, 9.17) is 21.9 Å². The molecule has 8 N–H and O–H groups in total. The summed E-state index contributed by atoms with van der Waals surface area (Å²) in [5.74, 6) is -2.86. The van der Waals surface area contributed by atoms with Gasteiger partial charge in [-0.1, -0.05) is 24.3 Å². The van der Waals surface area contributed by atoms with E-state index in [9.17, 15) is 52.4 Å². The van der Waals surface area contributed by atoms with Gasteiger partial charge in [-0.05, 0) is 79.4 Å². The molecule has 62 heavy (non-hydrogen) atoms. The van der Waals surface area contributed by atoms with Crippen molar-refractivity contribution in [2.45, 2.75) is 35.5 Å². The van der Waals surface area contributed by atoms with Gasteiger partial charge in [-0.25, -0.2) is 12.6 Å². The number of nitrogens with one attached hydrogen (secondary N) is 3. The number of carbonyl (C=O) groups excluding carboxylic acids is 2. The third-order valence-corrected chi connectivity index (χ3v) is 13.4. The second kappa shape index (κ2) is 19.2. The molecule has 28 heteroatoms. The number of ketones is 2. The van der Waals surface area contributed by atoms with Gasteiger partial charge in [0.15, 0.2) is 21.4 Å².